The van der Waals surface area contributed by atoms with Gasteiger partial charge in [-0.3, -0.25) is 0 Å². The van der Waals surface area contributed by atoms with Crippen molar-refractivity contribution < 1.29 is 5.11 Å². The van der Waals surface area contributed by atoms with E-state index in [0.29, 0.717) is 6.04 Å². The SMILES string of the molecule is CC(CCN(C)C)N(C)C.CN(C)CCO. The van der Waals surface area contributed by atoms with E-state index < -0.39 is 0 Å². The average molecular weight is 233 g/mol. The second-order valence-electron chi connectivity index (χ2n) is 4.93. The largest absolute Gasteiger partial charge is 0.395 e. The number of hydrogen-bond donors (Lipinski definition) is 1. The van der Waals surface area contributed by atoms with Crippen LogP contribution >= 0.6 is 0 Å². The van der Waals surface area contributed by atoms with Crippen molar-refractivity contribution in [3.8, 4) is 0 Å². The fraction of sp³-hybridized carbons (Fsp3) is 1.00. The summed E-state index contributed by atoms with van der Waals surface area (Å²) >= 11 is 0. The number of likely N-dealkylation sites (N-methyl/N-ethyl adjacent to an activating group) is 1. The van der Waals surface area contributed by atoms with E-state index in [-0.39, 0.29) is 6.61 Å². The average Bonchev–Trinajstić information content (AvgIpc) is 2.14. The molecule has 0 aliphatic carbocycles. The fourth-order valence-electron chi connectivity index (χ4n) is 0.903. The first-order valence-electron chi connectivity index (χ1n) is 5.88. The monoisotopic (exact) mass is 233 g/mol. The van der Waals surface area contributed by atoms with Crippen LogP contribution in [0, 0.1) is 0 Å². The highest BCUT2D eigenvalue weighted by Gasteiger charge is 2.03. The second kappa shape index (κ2) is 11.3. The van der Waals surface area contributed by atoms with E-state index in [9.17, 15) is 0 Å². The molecular weight excluding hydrogens is 202 g/mol. The Balaban J connectivity index is 0. The molecule has 0 aromatic heterocycles. The summed E-state index contributed by atoms with van der Waals surface area (Å²) < 4.78 is 0. The zero-order chi connectivity index (χ0) is 13.1. The lowest BCUT2D eigenvalue weighted by Gasteiger charge is -2.21. The zero-order valence-corrected chi connectivity index (χ0v) is 12.2. The van der Waals surface area contributed by atoms with E-state index in [1.54, 1.807) is 0 Å². The van der Waals surface area contributed by atoms with Crippen molar-refractivity contribution in [1.29, 1.82) is 0 Å². The predicted octanol–water partition coefficient (Wildman–Crippen LogP) is 0.429. The fourth-order valence-corrected chi connectivity index (χ4v) is 0.903. The Morgan fingerprint density at radius 1 is 0.875 bits per heavy atom. The first-order valence-corrected chi connectivity index (χ1v) is 5.88. The number of aliphatic hydroxyl groups is 1. The van der Waals surface area contributed by atoms with Gasteiger partial charge in [0.15, 0.2) is 0 Å². The van der Waals surface area contributed by atoms with Gasteiger partial charge in [-0.1, -0.05) is 0 Å². The lowest BCUT2D eigenvalue weighted by molar-refractivity contribution is 0.243. The molecule has 0 saturated heterocycles. The molecule has 0 heterocycles. The Morgan fingerprint density at radius 3 is 1.50 bits per heavy atom. The third-order valence-corrected chi connectivity index (χ3v) is 2.42. The Hall–Kier alpha value is -0.160. The van der Waals surface area contributed by atoms with Crippen molar-refractivity contribution in [2.75, 3.05) is 62.0 Å². The minimum Gasteiger partial charge on any atom is -0.395 e. The van der Waals surface area contributed by atoms with Crippen LogP contribution in [0.4, 0.5) is 0 Å². The summed E-state index contributed by atoms with van der Waals surface area (Å²) in [6.45, 7) is 4.45. The predicted molar refractivity (Wildman–Crippen MR) is 72.0 cm³/mol. The maximum absolute atomic E-state index is 8.20. The standard InChI is InChI=1S/C8H20N2.C4H11NO/c1-8(10(4)5)6-7-9(2)3;1-5(2)3-4-6/h8H,6-7H2,1-5H3;6H,3-4H2,1-2H3. The van der Waals surface area contributed by atoms with Gasteiger partial charge < -0.3 is 19.8 Å². The van der Waals surface area contributed by atoms with Crippen LogP contribution < -0.4 is 0 Å². The van der Waals surface area contributed by atoms with Crippen LogP contribution in [0.1, 0.15) is 13.3 Å². The van der Waals surface area contributed by atoms with Crippen LogP contribution in [0.5, 0.6) is 0 Å². The topological polar surface area (TPSA) is 30.0 Å². The van der Waals surface area contributed by atoms with Crippen LogP contribution in [0.15, 0.2) is 0 Å². The van der Waals surface area contributed by atoms with Gasteiger partial charge in [0.25, 0.3) is 0 Å². The molecule has 0 saturated carbocycles. The molecule has 4 heteroatoms. The lowest BCUT2D eigenvalue weighted by Crippen LogP contribution is -2.28. The molecule has 0 fully saturated rings. The van der Waals surface area contributed by atoms with Crippen molar-refractivity contribution in [3.05, 3.63) is 0 Å². The van der Waals surface area contributed by atoms with Crippen LogP contribution in [-0.4, -0.2) is 87.8 Å². The van der Waals surface area contributed by atoms with E-state index in [1.165, 1.54) is 13.0 Å². The molecule has 0 spiro atoms. The van der Waals surface area contributed by atoms with Crippen LogP contribution in [0.25, 0.3) is 0 Å². The molecule has 0 aliphatic heterocycles. The quantitative estimate of drug-likeness (QED) is 0.720. The van der Waals surface area contributed by atoms with Crippen molar-refractivity contribution in [3.63, 3.8) is 0 Å². The highest BCUT2D eigenvalue weighted by molar-refractivity contribution is 4.60. The molecule has 0 rings (SSSR count). The molecule has 0 bridgehead atoms. The van der Waals surface area contributed by atoms with Gasteiger partial charge in [-0.05, 0) is 62.2 Å². The number of hydrogen-bond acceptors (Lipinski definition) is 4. The molecule has 4 nitrogen and oxygen atoms in total. The van der Waals surface area contributed by atoms with Gasteiger partial charge in [0, 0.05) is 12.6 Å². The number of aliphatic hydroxyl groups excluding tert-OH is 1. The Labute approximate surface area is 102 Å². The van der Waals surface area contributed by atoms with Crippen molar-refractivity contribution in [2.24, 2.45) is 0 Å². The van der Waals surface area contributed by atoms with Gasteiger partial charge >= 0.3 is 0 Å². The molecule has 1 N–H and O–H groups in total. The van der Waals surface area contributed by atoms with Gasteiger partial charge in [0.2, 0.25) is 0 Å². The maximum atomic E-state index is 8.20. The zero-order valence-electron chi connectivity index (χ0n) is 12.2. The lowest BCUT2D eigenvalue weighted by atomic mass is 10.2. The summed E-state index contributed by atoms with van der Waals surface area (Å²) in [5, 5.41) is 8.20. The molecule has 100 valence electrons. The third-order valence-electron chi connectivity index (χ3n) is 2.42. The smallest absolute Gasteiger partial charge is 0.0558 e. The summed E-state index contributed by atoms with van der Waals surface area (Å²) in [6, 6.07) is 0.697. The number of rotatable bonds is 6. The van der Waals surface area contributed by atoms with Gasteiger partial charge in [0.05, 0.1) is 6.61 Å². The van der Waals surface area contributed by atoms with Crippen LogP contribution in [0.3, 0.4) is 0 Å². The number of nitrogens with zero attached hydrogens (tertiary/aromatic N) is 3. The summed E-state index contributed by atoms with van der Waals surface area (Å²) in [7, 11) is 12.3. The minimum absolute atomic E-state index is 0.257. The Bertz CT molecular complexity index is 138. The van der Waals surface area contributed by atoms with Crippen LogP contribution in [0.2, 0.25) is 0 Å². The molecule has 0 aromatic carbocycles. The minimum atomic E-state index is 0.257. The summed E-state index contributed by atoms with van der Waals surface area (Å²) in [5.41, 5.74) is 0. The highest BCUT2D eigenvalue weighted by Crippen LogP contribution is 1.97. The van der Waals surface area contributed by atoms with Gasteiger partial charge in [0.1, 0.15) is 0 Å². The van der Waals surface area contributed by atoms with E-state index >= 15 is 0 Å². The van der Waals surface area contributed by atoms with Crippen molar-refractivity contribution in [2.45, 2.75) is 19.4 Å². The first-order chi connectivity index (χ1) is 7.31. The molecular formula is C12H31N3O. The Kier molecular flexibility index (Phi) is 12.9. The third kappa shape index (κ3) is 16.3. The van der Waals surface area contributed by atoms with Crippen LogP contribution in [-0.2, 0) is 0 Å². The van der Waals surface area contributed by atoms with Crippen molar-refractivity contribution >= 4 is 0 Å². The molecule has 0 radical (unpaired) electrons. The molecule has 0 aliphatic rings. The van der Waals surface area contributed by atoms with Gasteiger partial charge in [-0.25, -0.2) is 0 Å². The maximum Gasteiger partial charge on any atom is 0.0558 e. The molecule has 0 amide bonds. The van der Waals surface area contributed by atoms with Gasteiger partial charge in [-0.15, -0.1) is 0 Å². The highest BCUT2D eigenvalue weighted by atomic mass is 16.3. The van der Waals surface area contributed by atoms with E-state index in [1.807, 2.05) is 19.0 Å². The van der Waals surface area contributed by atoms with E-state index in [4.69, 9.17) is 5.11 Å². The Morgan fingerprint density at radius 2 is 1.31 bits per heavy atom. The molecule has 1 atom stereocenters. The molecule has 16 heavy (non-hydrogen) atoms. The molecule has 0 aromatic rings. The van der Waals surface area contributed by atoms with Gasteiger partial charge in [-0.2, -0.15) is 0 Å². The second-order valence-corrected chi connectivity index (χ2v) is 4.93. The molecule has 1 unspecified atom stereocenters. The summed E-state index contributed by atoms with van der Waals surface area (Å²) in [5.74, 6) is 0. The normalized spacial score (nSPS) is 12.9. The van der Waals surface area contributed by atoms with E-state index in [2.05, 4.69) is 44.9 Å². The summed E-state index contributed by atoms with van der Waals surface area (Å²) in [4.78, 5) is 6.41. The van der Waals surface area contributed by atoms with E-state index in [0.717, 1.165) is 6.54 Å². The first kappa shape index (κ1) is 18.2. The summed E-state index contributed by atoms with van der Waals surface area (Å²) in [6.07, 6.45) is 1.25. The van der Waals surface area contributed by atoms with Crippen molar-refractivity contribution in [1.82, 2.24) is 14.7 Å².